The first-order valence-corrected chi connectivity index (χ1v) is 7.77. The topological polar surface area (TPSA) is 119 Å². The van der Waals surface area contributed by atoms with Crippen LogP contribution >= 0.6 is 15.9 Å². The van der Waals surface area contributed by atoms with Gasteiger partial charge in [0.2, 0.25) is 0 Å². The van der Waals surface area contributed by atoms with Crippen LogP contribution < -0.4 is 10.5 Å². The predicted molar refractivity (Wildman–Crippen MR) is 95.4 cm³/mol. The number of rotatable bonds is 6. The quantitative estimate of drug-likeness (QED) is 0.344. The first-order valence-electron chi connectivity index (χ1n) is 6.98. The van der Waals surface area contributed by atoms with Crippen LogP contribution in [0.4, 0.5) is 5.69 Å². The fraction of sp³-hybridized carbons (Fsp3) is 0.0588. The van der Waals surface area contributed by atoms with E-state index in [9.17, 15) is 20.2 Å². The molecule has 0 bridgehead atoms. The van der Waals surface area contributed by atoms with Crippen molar-refractivity contribution in [1.29, 1.82) is 5.26 Å². The Kier molecular flexibility index (Phi) is 5.87. The van der Waals surface area contributed by atoms with E-state index in [1.54, 1.807) is 24.3 Å². The summed E-state index contributed by atoms with van der Waals surface area (Å²) in [6.45, 7) is -0.290. The van der Waals surface area contributed by atoms with Crippen LogP contribution in [0.5, 0.6) is 5.75 Å². The van der Waals surface area contributed by atoms with Crippen molar-refractivity contribution in [2.75, 3.05) is 6.61 Å². The molecule has 2 rings (SSSR count). The summed E-state index contributed by atoms with van der Waals surface area (Å²) in [5, 5.41) is 20.1. The molecule has 0 saturated carbocycles. The number of primary amides is 1. The van der Waals surface area contributed by atoms with E-state index < -0.39 is 10.8 Å². The highest BCUT2D eigenvalue weighted by molar-refractivity contribution is 9.10. The third-order valence-corrected chi connectivity index (χ3v) is 3.64. The molecule has 0 aliphatic rings. The maximum absolute atomic E-state index is 10.9. The minimum absolute atomic E-state index is 0.0611. The summed E-state index contributed by atoms with van der Waals surface area (Å²) in [5.41, 5.74) is 6.39. The normalized spacial score (nSPS) is 10.8. The molecule has 0 fully saturated rings. The van der Waals surface area contributed by atoms with Crippen LogP contribution in [-0.2, 0) is 4.79 Å². The van der Waals surface area contributed by atoms with Gasteiger partial charge in [-0.25, -0.2) is 0 Å². The number of nitro groups is 1. The lowest BCUT2D eigenvalue weighted by molar-refractivity contribution is -0.384. The molecule has 2 aromatic rings. The van der Waals surface area contributed by atoms with E-state index in [1.165, 1.54) is 24.3 Å². The molecule has 7 nitrogen and oxygen atoms in total. The van der Waals surface area contributed by atoms with Gasteiger partial charge >= 0.3 is 0 Å². The van der Waals surface area contributed by atoms with Gasteiger partial charge in [0.25, 0.3) is 11.6 Å². The van der Waals surface area contributed by atoms with Gasteiger partial charge in [0.15, 0.2) is 6.61 Å². The van der Waals surface area contributed by atoms with Crippen LogP contribution in [0.25, 0.3) is 11.6 Å². The zero-order chi connectivity index (χ0) is 18.4. The number of carbonyl (C=O) groups is 1. The van der Waals surface area contributed by atoms with Crippen molar-refractivity contribution < 1.29 is 14.5 Å². The predicted octanol–water partition coefficient (Wildman–Crippen LogP) is 3.29. The Hall–Kier alpha value is -3.18. The number of hydrogen-bond acceptors (Lipinski definition) is 5. The molecule has 0 aromatic heterocycles. The molecule has 8 heteroatoms. The van der Waals surface area contributed by atoms with Gasteiger partial charge in [0.1, 0.15) is 5.75 Å². The second-order valence-corrected chi connectivity index (χ2v) is 5.83. The number of hydrogen-bond donors (Lipinski definition) is 1. The highest BCUT2D eigenvalue weighted by atomic mass is 79.9. The summed E-state index contributed by atoms with van der Waals surface area (Å²) in [6, 6.07) is 12.8. The van der Waals surface area contributed by atoms with Gasteiger partial charge in [-0.1, -0.05) is 15.9 Å². The molecule has 126 valence electrons. The zero-order valence-electron chi connectivity index (χ0n) is 12.8. The fourth-order valence-electron chi connectivity index (χ4n) is 2.01. The lowest BCUT2D eigenvalue weighted by Gasteiger charge is -2.09. The Morgan fingerprint density at radius 1 is 1.32 bits per heavy atom. The number of benzene rings is 2. The number of amides is 1. The average Bonchev–Trinajstić information content (AvgIpc) is 2.58. The summed E-state index contributed by atoms with van der Waals surface area (Å²) in [4.78, 5) is 21.1. The Labute approximate surface area is 151 Å². The number of nitro benzene ring substituents is 1. The number of ether oxygens (including phenoxy) is 1. The molecule has 0 spiro atoms. The lowest BCUT2D eigenvalue weighted by Crippen LogP contribution is -2.20. The second-order valence-electron chi connectivity index (χ2n) is 4.91. The summed E-state index contributed by atoms with van der Waals surface area (Å²) < 4.78 is 6.10. The van der Waals surface area contributed by atoms with Crippen molar-refractivity contribution in [3.8, 4) is 11.8 Å². The number of nitriles is 1. The van der Waals surface area contributed by atoms with Crippen molar-refractivity contribution in [2.24, 2.45) is 5.73 Å². The maximum atomic E-state index is 10.9. The van der Waals surface area contributed by atoms with E-state index in [0.29, 0.717) is 16.9 Å². The van der Waals surface area contributed by atoms with E-state index in [0.717, 1.165) is 4.47 Å². The van der Waals surface area contributed by atoms with Crippen LogP contribution in [-0.4, -0.2) is 17.4 Å². The number of halogens is 1. The van der Waals surface area contributed by atoms with E-state index in [1.807, 2.05) is 0 Å². The van der Waals surface area contributed by atoms with Crippen molar-refractivity contribution in [2.45, 2.75) is 0 Å². The highest BCUT2D eigenvalue weighted by Gasteiger charge is 2.10. The number of nitrogens with zero attached hydrogens (tertiary/aromatic N) is 2. The van der Waals surface area contributed by atoms with Crippen molar-refractivity contribution >= 4 is 39.2 Å². The van der Waals surface area contributed by atoms with Crippen LogP contribution in [0.3, 0.4) is 0 Å². The largest absolute Gasteiger partial charge is 0.483 e. The van der Waals surface area contributed by atoms with Crippen molar-refractivity contribution in [3.63, 3.8) is 0 Å². The van der Waals surface area contributed by atoms with Gasteiger partial charge in [-0.3, -0.25) is 14.9 Å². The van der Waals surface area contributed by atoms with E-state index >= 15 is 0 Å². The summed E-state index contributed by atoms with van der Waals surface area (Å²) >= 11 is 3.34. The lowest BCUT2D eigenvalue weighted by atomic mass is 10.0. The molecule has 0 saturated heterocycles. The van der Waals surface area contributed by atoms with Gasteiger partial charge in [-0.05, 0) is 42.0 Å². The summed E-state index contributed by atoms with van der Waals surface area (Å²) in [6.07, 6.45) is 1.57. The number of nitrogens with two attached hydrogens (primary N) is 1. The Bertz CT molecular complexity index is 886. The van der Waals surface area contributed by atoms with Crippen LogP contribution in [0.15, 0.2) is 46.9 Å². The summed E-state index contributed by atoms with van der Waals surface area (Å²) in [5.74, 6) is -0.231. The number of allylic oxidation sites excluding steroid dienone is 1. The van der Waals surface area contributed by atoms with Crippen LogP contribution in [0.2, 0.25) is 0 Å². The van der Waals surface area contributed by atoms with E-state index in [2.05, 4.69) is 22.0 Å². The van der Waals surface area contributed by atoms with Crippen molar-refractivity contribution in [3.05, 3.63) is 68.2 Å². The molecule has 2 aromatic carbocycles. The standard InChI is InChI=1S/C17H12BrN3O4/c18-14-3-6-16(25-10-17(20)22)12(8-14)7-13(9-19)11-1-4-15(5-2-11)21(23)24/h1-8H,10H2,(H2,20,22)/b13-7+. The van der Waals surface area contributed by atoms with Gasteiger partial charge < -0.3 is 10.5 Å². The SMILES string of the molecule is N#C/C(=C\c1cc(Br)ccc1OCC(N)=O)c1ccc([N+](=O)[O-])cc1. The van der Waals surface area contributed by atoms with E-state index in [-0.39, 0.29) is 17.9 Å². The molecule has 0 radical (unpaired) electrons. The molecular formula is C17H12BrN3O4. The molecule has 0 heterocycles. The highest BCUT2D eigenvalue weighted by Crippen LogP contribution is 2.28. The molecule has 1 amide bonds. The molecule has 0 aliphatic carbocycles. The monoisotopic (exact) mass is 401 g/mol. The number of carbonyl (C=O) groups excluding carboxylic acids is 1. The molecule has 25 heavy (non-hydrogen) atoms. The minimum Gasteiger partial charge on any atom is -0.483 e. The van der Waals surface area contributed by atoms with E-state index in [4.69, 9.17) is 10.5 Å². The maximum Gasteiger partial charge on any atom is 0.269 e. The van der Waals surface area contributed by atoms with Crippen molar-refractivity contribution in [1.82, 2.24) is 0 Å². The minimum atomic E-state index is -0.617. The summed E-state index contributed by atoms with van der Waals surface area (Å²) in [7, 11) is 0. The number of non-ortho nitro benzene ring substituents is 1. The third-order valence-electron chi connectivity index (χ3n) is 3.15. The first-order chi connectivity index (χ1) is 11.9. The average molecular weight is 402 g/mol. The van der Waals surface area contributed by atoms with Crippen LogP contribution in [0, 0.1) is 21.4 Å². The van der Waals surface area contributed by atoms with Gasteiger partial charge in [-0.15, -0.1) is 0 Å². The first kappa shape index (κ1) is 18.2. The Balaban J connectivity index is 2.41. The molecule has 0 aliphatic heterocycles. The molecular weight excluding hydrogens is 390 g/mol. The van der Waals surface area contributed by atoms with Gasteiger partial charge in [0.05, 0.1) is 16.6 Å². The Morgan fingerprint density at radius 3 is 2.56 bits per heavy atom. The smallest absolute Gasteiger partial charge is 0.269 e. The third kappa shape index (κ3) is 4.89. The molecule has 0 unspecified atom stereocenters. The van der Waals surface area contributed by atoms with Crippen LogP contribution in [0.1, 0.15) is 11.1 Å². The van der Waals surface area contributed by atoms with Gasteiger partial charge in [-0.2, -0.15) is 5.26 Å². The second kappa shape index (κ2) is 8.08. The Morgan fingerprint density at radius 2 is 2.00 bits per heavy atom. The fourth-order valence-corrected chi connectivity index (χ4v) is 2.39. The van der Waals surface area contributed by atoms with Gasteiger partial charge in [0, 0.05) is 22.2 Å². The molecule has 0 atom stereocenters. The molecule has 2 N–H and O–H groups in total. The zero-order valence-corrected chi connectivity index (χ0v) is 14.4.